The van der Waals surface area contributed by atoms with Crippen LogP contribution in [0, 0.1) is 13.8 Å². The van der Waals surface area contributed by atoms with Crippen LogP contribution in [0.25, 0.3) is 10.6 Å². The molecule has 142 valence electrons. The second kappa shape index (κ2) is 7.31. The molecule has 3 aromatic rings. The fraction of sp³-hybridized carbons (Fsp3) is 0.333. The summed E-state index contributed by atoms with van der Waals surface area (Å²) in [6.07, 6.45) is 1.87. The van der Waals surface area contributed by atoms with Crippen molar-refractivity contribution in [3.63, 3.8) is 0 Å². The SMILES string of the molecule is Cc1nc(C)c(-c2csc(Nc3ccc(S(=O)(=O)N4CCCC4)cc3)n2)s1. The fourth-order valence-electron chi connectivity index (χ4n) is 3.12. The van der Waals surface area contributed by atoms with E-state index < -0.39 is 10.0 Å². The highest BCUT2D eigenvalue weighted by Crippen LogP contribution is 2.33. The summed E-state index contributed by atoms with van der Waals surface area (Å²) in [4.78, 5) is 10.5. The number of hydrogen-bond acceptors (Lipinski definition) is 7. The van der Waals surface area contributed by atoms with Gasteiger partial charge in [-0.25, -0.2) is 18.4 Å². The van der Waals surface area contributed by atoms with Crippen molar-refractivity contribution in [2.45, 2.75) is 31.6 Å². The number of rotatable bonds is 5. The number of hydrogen-bond donors (Lipinski definition) is 1. The van der Waals surface area contributed by atoms with E-state index in [0.29, 0.717) is 18.0 Å². The Kier molecular flexibility index (Phi) is 5.02. The maximum absolute atomic E-state index is 12.6. The summed E-state index contributed by atoms with van der Waals surface area (Å²) < 4.78 is 26.7. The second-order valence-electron chi connectivity index (χ2n) is 6.45. The molecular formula is C18H20N4O2S3. The first kappa shape index (κ1) is 18.5. The zero-order chi connectivity index (χ0) is 19.0. The molecule has 0 amide bonds. The van der Waals surface area contributed by atoms with Crippen LogP contribution in [0.2, 0.25) is 0 Å². The Labute approximate surface area is 167 Å². The predicted octanol–water partition coefficient (Wildman–Crippen LogP) is 4.41. The first-order valence-electron chi connectivity index (χ1n) is 8.71. The third kappa shape index (κ3) is 3.77. The lowest BCUT2D eigenvalue weighted by molar-refractivity contribution is 0.477. The topological polar surface area (TPSA) is 75.2 Å². The Morgan fingerprint density at radius 2 is 1.78 bits per heavy atom. The molecule has 0 saturated carbocycles. The van der Waals surface area contributed by atoms with E-state index in [4.69, 9.17) is 0 Å². The van der Waals surface area contributed by atoms with Gasteiger partial charge in [0.1, 0.15) is 0 Å². The zero-order valence-corrected chi connectivity index (χ0v) is 17.5. The van der Waals surface area contributed by atoms with Gasteiger partial charge in [-0.2, -0.15) is 4.31 Å². The highest BCUT2D eigenvalue weighted by Gasteiger charge is 2.26. The predicted molar refractivity (Wildman–Crippen MR) is 110 cm³/mol. The van der Waals surface area contributed by atoms with E-state index in [1.807, 2.05) is 19.2 Å². The third-order valence-corrected chi connectivity index (χ3v) is 8.21. The molecule has 1 aromatic carbocycles. The zero-order valence-electron chi connectivity index (χ0n) is 15.1. The van der Waals surface area contributed by atoms with Gasteiger partial charge in [-0.15, -0.1) is 22.7 Å². The number of aryl methyl sites for hydroxylation is 2. The lowest BCUT2D eigenvalue weighted by Crippen LogP contribution is -2.27. The van der Waals surface area contributed by atoms with Gasteiger partial charge in [0.25, 0.3) is 0 Å². The molecule has 0 unspecified atom stereocenters. The highest BCUT2D eigenvalue weighted by atomic mass is 32.2. The van der Waals surface area contributed by atoms with Crippen molar-refractivity contribution in [3.05, 3.63) is 40.3 Å². The minimum absolute atomic E-state index is 0.338. The number of benzene rings is 1. The molecule has 4 rings (SSSR count). The minimum Gasteiger partial charge on any atom is -0.332 e. The number of nitrogens with zero attached hydrogens (tertiary/aromatic N) is 3. The number of aromatic nitrogens is 2. The van der Waals surface area contributed by atoms with Crippen molar-refractivity contribution >= 4 is 43.5 Å². The smallest absolute Gasteiger partial charge is 0.243 e. The van der Waals surface area contributed by atoms with Crippen LogP contribution in [0.5, 0.6) is 0 Å². The van der Waals surface area contributed by atoms with Gasteiger partial charge in [0.15, 0.2) is 5.13 Å². The first-order valence-corrected chi connectivity index (χ1v) is 11.8. The van der Waals surface area contributed by atoms with Crippen molar-refractivity contribution in [1.29, 1.82) is 0 Å². The Bertz CT molecular complexity index is 1050. The average molecular weight is 421 g/mol. The molecule has 6 nitrogen and oxygen atoms in total. The minimum atomic E-state index is -3.38. The van der Waals surface area contributed by atoms with E-state index in [2.05, 4.69) is 15.3 Å². The van der Waals surface area contributed by atoms with Crippen LogP contribution in [0.1, 0.15) is 23.5 Å². The van der Waals surface area contributed by atoms with E-state index in [9.17, 15) is 8.42 Å². The van der Waals surface area contributed by atoms with Crippen LogP contribution >= 0.6 is 22.7 Å². The van der Waals surface area contributed by atoms with Crippen LogP contribution in [-0.2, 0) is 10.0 Å². The monoisotopic (exact) mass is 420 g/mol. The van der Waals surface area contributed by atoms with Crippen molar-refractivity contribution in [2.24, 2.45) is 0 Å². The number of thiazole rings is 2. The molecule has 0 atom stereocenters. The molecular weight excluding hydrogens is 400 g/mol. The second-order valence-corrected chi connectivity index (χ2v) is 10.4. The number of anilines is 2. The summed E-state index contributed by atoms with van der Waals surface area (Å²) in [6, 6.07) is 6.88. The Morgan fingerprint density at radius 1 is 1.07 bits per heavy atom. The van der Waals surface area contributed by atoms with Crippen molar-refractivity contribution < 1.29 is 8.42 Å². The van der Waals surface area contributed by atoms with Crippen molar-refractivity contribution in [2.75, 3.05) is 18.4 Å². The largest absolute Gasteiger partial charge is 0.332 e. The molecule has 0 radical (unpaired) electrons. The molecule has 2 aromatic heterocycles. The van der Waals surface area contributed by atoms with Crippen LogP contribution < -0.4 is 5.32 Å². The summed E-state index contributed by atoms with van der Waals surface area (Å²) in [5.74, 6) is 0. The molecule has 27 heavy (non-hydrogen) atoms. The molecule has 3 heterocycles. The molecule has 0 spiro atoms. The number of nitrogens with one attached hydrogen (secondary N) is 1. The van der Waals surface area contributed by atoms with E-state index in [1.165, 1.54) is 11.3 Å². The molecule has 1 N–H and O–H groups in total. The molecule has 1 aliphatic heterocycles. The van der Waals surface area contributed by atoms with Gasteiger partial charge in [0, 0.05) is 24.2 Å². The summed E-state index contributed by atoms with van der Waals surface area (Å²) in [5.41, 5.74) is 2.72. The summed E-state index contributed by atoms with van der Waals surface area (Å²) in [6.45, 7) is 5.21. The Balaban J connectivity index is 1.50. The van der Waals surface area contributed by atoms with Crippen molar-refractivity contribution in [1.82, 2.24) is 14.3 Å². The maximum Gasteiger partial charge on any atom is 0.243 e. The highest BCUT2D eigenvalue weighted by molar-refractivity contribution is 7.89. The molecule has 0 bridgehead atoms. The van der Waals surface area contributed by atoms with Crippen LogP contribution in [0.4, 0.5) is 10.8 Å². The molecule has 9 heteroatoms. The van der Waals surface area contributed by atoms with E-state index in [1.54, 1.807) is 39.9 Å². The van der Waals surface area contributed by atoms with Crippen LogP contribution in [0.3, 0.4) is 0 Å². The van der Waals surface area contributed by atoms with Gasteiger partial charge in [-0.05, 0) is 51.0 Å². The van der Waals surface area contributed by atoms with Crippen molar-refractivity contribution in [3.8, 4) is 10.6 Å². The van der Waals surface area contributed by atoms with Gasteiger partial charge in [-0.3, -0.25) is 0 Å². The third-order valence-electron chi connectivity index (χ3n) is 4.45. The molecule has 1 fully saturated rings. The standard InChI is InChI=1S/C18H20N4O2S3/c1-12-17(26-13(2)19-12)16-11-25-18(21-16)20-14-5-7-15(8-6-14)27(23,24)22-9-3-4-10-22/h5-8,11H,3-4,9-10H2,1-2H3,(H,20,21). The van der Waals surface area contributed by atoms with Crippen LogP contribution in [-0.4, -0.2) is 35.8 Å². The fourth-order valence-corrected chi connectivity index (χ4v) is 6.31. The van der Waals surface area contributed by atoms with Gasteiger partial charge < -0.3 is 5.32 Å². The Hall–Kier alpha value is -1.81. The lowest BCUT2D eigenvalue weighted by atomic mass is 10.3. The first-order chi connectivity index (χ1) is 12.9. The van der Waals surface area contributed by atoms with Crippen LogP contribution in [0.15, 0.2) is 34.5 Å². The Morgan fingerprint density at radius 3 is 2.41 bits per heavy atom. The average Bonchev–Trinajstić information content (AvgIpc) is 3.37. The van der Waals surface area contributed by atoms with E-state index >= 15 is 0 Å². The van der Waals surface area contributed by atoms with Gasteiger partial charge in [0.05, 0.1) is 26.2 Å². The molecule has 1 aliphatic rings. The maximum atomic E-state index is 12.6. The normalized spacial score (nSPS) is 15.3. The number of sulfonamides is 1. The van der Waals surface area contributed by atoms with Gasteiger partial charge in [0.2, 0.25) is 10.0 Å². The van der Waals surface area contributed by atoms with Gasteiger partial charge in [-0.1, -0.05) is 0 Å². The van der Waals surface area contributed by atoms with E-state index in [-0.39, 0.29) is 0 Å². The van der Waals surface area contributed by atoms with E-state index in [0.717, 1.165) is 44.9 Å². The quantitative estimate of drug-likeness (QED) is 0.662. The summed E-state index contributed by atoms with van der Waals surface area (Å²) in [7, 11) is -3.38. The molecule has 0 aliphatic carbocycles. The lowest BCUT2D eigenvalue weighted by Gasteiger charge is -2.15. The van der Waals surface area contributed by atoms with Gasteiger partial charge >= 0.3 is 0 Å². The summed E-state index contributed by atoms with van der Waals surface area (Å²) in [5, 5.41) is 7.06. The molecule has 1 saturated heterocycles. The summed E-state index contributed by atoms with van der Waals surface area (Å²) >= 11 is 3.16.